The third-order valence-corrected chi connectivity index (χ3v) is 5.09. The molecule has 0 unspecified atom stereocenters. The van der Waals surface area contributed by atoms with E-state index in [9.17, 15) is 17.6 Å². The number of fused-ring (bicyclic) bond motifs is 1. The van der Waals surface area contributed by atoms with Crippen LogP contribution in [0.25, 0.3) is 33.3 Å². The molecule has 0 aliphatic carbocycles. The number of rotatable bonds is 3. The van der Waals surface area contributed by atoms with Gasteiger partial charge in [0, 0.05) is 29.2 Å². The minimum Gasteiger partial charge on any atom is -0.388 e. The van der Waals surface area contributed by atoms with Gasteiger partial charge in [-0.1, -0.05) is 24.3 Å². The molecular formula is C24H18F4N2. The zero-order valence-corrected chi connectivity index (χ0v) is 16.3. The minimum atomic E-state index is -4.41. The first kappa shape index (κ1) is 19.9. The Morgan fingerprint density at radius 3 is 2.17 bits per heavy atom. The lowest BCUT2D eigenvalue weighted by molar-refractivity contribution is -0.137. The highest BCUT2D eigenvalue weighted by Gasteiger charge is 2.30. The molecule has 1 N–H and O–H groups in total. The number of halogens is 4. The molecule has 1 heterocycles. The van der Waals surface area contributed by atoms with Crippen LogP contribution in [0.15, 0.2) is 66.7 Å². The van der Waals surface area contributed by atoms with Crippen molar-refractivity contribution >= 4 is 16.6 Å². The Bertz CT molecular complexity index is 1230. The van der Waals surface area contributed by atoms with Crippen LogP contribution in [-0.2, 0) is 6.18 Å². The van der Waals surface area contributed by atoms with Crippen LogP contribution in [0, 0.1) is 12.7 Å². The van der Waals surface area contributed by atoms with Crippen molar-refractivity contribution in [3.8, 4) is 22.4 Å². The molecule has 1 aromatic heterocycles. The Hall–Kier alpha value is -3.41. The Morgan fingerprint density at radius 1 is 0.833 bits per heavy atom. The second-order valence-corrected chi connectivity index (χ2v) is 7.08. The number of hydrogen-bond donors (Lipinski definition) is 1. The summed E-state index contributed by atoms with van der Waals surface area (Å²) in [5.41, 5.74) is 3.59. The van der Waals surface area contributed by atoms with Crippen molar-refractivity contribution in [2.24, 2.45) is 0 Å². The summed E-state index contributed by atoms with van der Waals surface area (Å²) in [5, 5.41) is 3.44. The number of aromatic nitrogens is 1. The molecule has 4 aromatic rings. The van der Waals surface area contributed by atoms with E-state index < -0.39 is 17.6 Å². The first-order chi connectivity index (χ1) is 14.3. The Kier molecular flexibility index (Phi) is 4.94. The van der Waals surface area contributed by atoms with Gasteiger partial charge in [0.05, 0.1) is 16.8 Å². The average molecular weight is 410 g/mol. The molecule has 6 heteroatoms. The number of nitrogens with zero attached hydrogens (tertiary/aromatic N) is 1. The van der Waals surface area contributed by atoms with Gasteiger partial charge in [-0.25, -0.2) is 9.37 Å². The lowest BCUT2D eigenvalue weighted by Gasteiger charge is -2.12. The molecule has 0 spiro atoms. The normalized spacial score (nSPS) is 11.7. The smallest absolute Gasteiger partial charge is 0.388 e. The van der Waals surface area contributed by atoms with E-state index in [0.717, 1.165) is 23.4 Å². The maximum absolute atomic E-state index is 14.8. The zero-order chi connectivity index (χ0) is 21.5. The van der Waals surface area contributed by atoms with Crippen molar-refractivity contribution < 1.29 is 17.6 Å². The van der Waals surface area contributed by atoms with E-state index in [0.29, 0.717) is 33.3 Å². The highest BCUT2D eigenvalue weighted by Crippen LogP contribution is 2.34. The van der Waals surface area contributed by atoms with Crippen molar-refractivity contribution in [1.82, 2.24) is 4.98 Å². The molecule has 0 amide bonds. The van der Waals surface area contributed by atoms with E-state index in [-0.39, 0.29) is 0 Å². The predicted octanol–water partition coefficient (Wildman–Crippen LogP) is 7.08. The minimum absolute atomic E-state index is 0.392. The predicted molar refractivity (Wildman–Crippen MR) is 112 cm³/mol. The lowest BCUT2D eigenvalue weighted by Crippen LogP contribution is -2.04. The molecule has 0 aliphatic heterocycles. The fraction of sp³-hybridized carbons (Fsp3) is 0.125. The third kappa shape index (κ3) is 3.73. The van der Waals surface area contributed by atoms with E-state index in [1.807, 2.05) is 31.3 Å². The molecular weight excluding hydrogens is 392 g/mol. The number of pyridine rings is 1. The lowest BCUT2D eigenvalue weighted by atomic mass is 9.99. The van der Waals surface area contributed by atoms with Gasteiger partial charge < -0.3 is 5.32 Å². The molecule has 0 saturated carbocycles. The summed E-state index contributed by atoms with van der Waals surface area (Å²) in [6.07, 6.45) is -4.41. The maximum atomic E-state index is 14.8. The molecule has 0 atom stereocenters. The molecule has 2 nitrogen and oxygen atoms in total. The Morgan fingerprint density at radius 2 is 1.53 bits per heavy atom. The number of hydrogen-bond acceptors (Lipinski definition) is 2. The first-order valence-electron chi connectivity index (χ1n) is 9.33. The highest BCUT2D eigenvalue weighted by molar-refractivity contribution is 5.86. The SMILES string of the molecule is CNc1ccc(-c2ccc(-c3cc(C)c4cc(C(F)(F)F)ccc4n3)cc2F)cc1. The van der Waals surface area contributed by atoms with Gasteiger partial charge in [-0.3, -0.25) is 0 Å². The van der Waals surface area contributed by atoms with Gasteiger partial charge >= 0.3 is 6.18 Å². The second-order valence-electron chi connectivity index (χ2n) is 7.08. The van der Waals surface area contributed by atoms with Crippen LogP contribution in [0.4, 0.5) is 23.2 Å². The van der Waals surface area contributed by atoms with Gasteiger partial charge in [-0.2, -0.15) is 13.2 Å². The molecule has 4 rings (SSSR count). The highest BCUT2D eigenvalue weighted by atomic mass is 19.4. The molecule has 0 bridgehead atoms. The molecule has 0 aliphatic rings. The van der Waals surface area contributed by atoms with Gasteiger partial charge in [0.2, 0.25) is 0 Å². The summed E-state index contributed by atoms with van der Waals surface area (Å²) in [6.45, 7) is 1.72. The second kappa shape index (κ2) is 7.44. The molecule has 0 radical (unpaired) electrons. The van der Waals surface area contributed by atoms with E-state index in [1.54, 1.807) is 25.1 Å². The van der Waals surface area contributed by atoms with E-state index >= 15 is 0 Å². The van der Waals surface area contributed by atoms with E-state index in [4.69, 9.17) is 0 Å². The fourth-order valence-corrected chi connectivity index (χ4v) is 3.44. The van der Waals surface area contributed by atoms with Crippen LogP contribution in [0.3, 0.4) is 0 Å². The van der Waals surface area contributed by atoms with Crippen molar-refractivity contribution in [1.29, 1.82) is 0 Å². The molecule has 30 heavy (non-hydrogen) atoms. The van der Waals surface area contributed by atoms with Crippen LogP contribution in [0.5, 0.6) is 0 Å². The summed E-state index contributed by atoms with van der Waals surface area (Å²) in [6, 6.07) is 17.4. The van der Waals surface area contributed by atoms with Crippen LogP contribution in [0.2, 0.25) is 0 Å². The van der Waals surface area contributed by atoms with E-state index in [2.05, 4.69) is 10.3 Å². The van der Waals surface area contributed by atoms with Gasteiger partial charge in [-0.05, 0) is 60.5 Å². The van der Waals surface area contributed by atoms with Gasteiger partial charge in [-0.15, -0.1) is 0 Å². The van der Waals surface area contributed by atoms with Crippen LogP contribution in [0.1, 0.15) is 11.1 Å². The zero-order valence-electron chi connectivity index (χ0n) is 16.3. The molecule has 152 valence electrons. The average Bonchev–Trinajstić information content (AvgIpc) is 2.73. The van der Waals surface area contributed by atoms with Crippen LogP contribution in [-0.4, -0.2) is 12.0 Å². The van der Waals surface area contributed by atoms with Crippen molar-refractivity contribution in [3.05, 3.63) is 83.7 Å². The van der Waals surface area contributed by atoms with Crippen molar-refractivity contribution in [3.63, 3.8) is 0 Å². The molecule has 0 saturated heterocycles. The first-order valence-corrected chi connectivity index (χ1v) is 9.33. The summed E-state index contributed by atoms with van der Waals surface area (Å²) in [5.74, 6) is -0.392. The Labute approximate surface area is 171 Å². The van der Waals surface area contributed by atoms with Gasteiger partial charge in [0.25, 0.3) is 0 Å². The summed E-state index contributed by atoms with van der Waals surface area (Å²) >= 11 is 0. The monoisotopic (exact) mass is 410 g/mol. The topological polar surface area (TPSA) is 24.9 Å². The quantitative estimate of drug-likeness (QED) is 0.365. The standard InChI is InChI=1S/C24H18F4N2/c1-14-11-23(30-22-10-6-17(13-20(14)22)24(26,27)28)16-5-9-19(21(25)12-16)15-3-7-18(29-2)8-4-15/h3-13,29H,1-2H3. The van der Waals surface area contributed by atoms with Crippen LogP contribution >= 0.6 is 0 Å². The van der Waals surface area contributed by atoms with E-state index in [1.165, 1.54) is 12.1 Å². The number of nitrogens with one attached hydrogen (secondary N) is 1. The maximum Gasteiger partial charge on any atom is 0.416 e. The number of benzene rings is 3. The number of aryl methyl sites for hydroxylation is 1. The summed E-state index contributed by atoms with van der Waals surface area (Å²) in [4.78, 5) is 4.45. The van der Waals surface area contributed by atoms with Crippen molar-refractivity contribution in [2.75, 3.05) is 12.4 Å². The third-order valence-electron chi connectivity index (χ3n) is 5.09. The summed E-state index contributed by atoms with van der Waals surface area (Å²) in [7, 11) is 1.81. The molecule has 0 fully saturated rings. The largest absolute Gasteiger partial charge is 0.416 e. The van der Waals surface area contributed by atoms with Gasteiger partial charge in [0.1, 0.15) is 5.82 Å². The molecule has 3 aromatic carbocycles. The van der Waals surface area contributed by atoms with Gasteiger partial charge in [0.15, 0.2) is 0 Å². The fourth-order valence-electron chi connectivity index (χ4n) is 3.44. The number of anilines is 1. The summed E-state index contributed by atoms with van der Waals surface area (Å²) < 4.78 is 53.8. The van der Waals surface area contributed by atoms with Crippen molar-refractivity contribution in [2.45, 2.75) is 13.1 Å². The Balaban J connectivity index is 1.73. The van der Waals surface area contributed by atoms with Crippen LogP contribution < -0.4 is 5.32 Å². The number of alkyl halides is 3.